The van der Waals surface area contributed by atoms with Gasteiger partial charge >= 0.3 is 0 Å². The van der Waals surface area contributed by atoms with Gasteiger partial charge in [-0.3, -0.25) is 4.98 Å². The molecule has 1 aromatic heterocycles. The first kappa shape index (κ1) is 11.5. The van der Waals surface area contributed by atoms with Gasteiger partial charge in [0.05, 0.1) is 12.8 Å². The number of hydrogen-bond acceptors (Lipinski definition) is 3. The fraction of sp³-hybridized carbons (Fsp3) is 0.154. The summed E-state index contributed by atoms with van der Waals surface area (Å²) in [6.07, 6.45) is 0.575. The van der Waals surface area contributed by atoms with Crippen molar-refractivity contribution in [2.24, 2.45) is 0 Å². The molecular formula is C13H12FNO2. The van der Waals surface area contributed by atoms with E-state index in [-0.39, 0.29) is 0 Å². The zero-order valence-corrected chi connectivity index (χ0v) is 9.30. The number of nitrogens with zero attached hydrogens (tertiary/aromatic N) is 1. The summed E-state index contributed by atoms with van der Waals surface area (Å²) in [5, 5.41) is 10.1. The van der Waals surface area contributed by atoms with Crippen LogP contribution in [0.3, 0.4) is 0 Å². The maximum absolute atomic E-state index is 13.2. The van der Waals surface area contributed by atoms with Crippen LogP contribution in [0.25, 0.3) is 0 Å². The molecule has 88 valence electrons. The van der Waals surface area contributed by atoms with Gasteiger partial charge in [-0.15, -0.1) is 0 Å². The number of rotatable bonds is 3. The lowest BCUT2D eigenvalue weighted by Gasteiger charge is -2.14. The minimum absolute atomic E-state index is 0.367. The largest absolute Gasteiger partial charge is 0.496 e. The molecule has 0 radical (unpaired) electrons. The van der Waals surface area contributed by atoms with Crippen LogP contribution >= 0.6 is 0 Å². The highest BCUT2D eigenvalue weighted by Gasteiger charge is 2.17. The molecule has 0 aliphatic heterocycles. The lowest BCUT2D eigenvalue weighted by atomic mass is 10.0. The normalized spacial score (nSPS) is 12.2. The van der Waals surface area contributed by atoms with Gasteiger partial charge in [-0.2, -0.15) is 0 Å². The van der Waals surface area contributed by atoms with Crippen molar-refractivity contribution in [1.29, 1.82) is 0 Å². The van der Waals surface area contributed by atoms with Crippen molar-refractivity contribution < 1.29 is 14.2 Å². The van der Waals surface area contributed by atoms with Crippen molar-refractivity contribution in [3.63, 3.8) is 0 Å². The van der Waals surface area contributed by atoms with Gasteiger partial charge in [-0.05, 0) is 30.3 Å². The quantitative estimate of drug-likeness (QED) is 0.884. The van der Waals surface area contributed by atoms with Crippen LogP contribution in [-0.2, 0) is 0 Å². The third-order valence-electron chi connectivity index (χ3n) is 2.45. The van der Waals surface area contributed by atoms with Crippen molar-refractivity contribution in [3.8, 4) is 5.75 Å². The van der Waals surface area contributed by atoms with E-state index < -0.39 is 11.9 Å². The molecule has 3 nitrogen and oxygen atoms in total. The van der Waals surface area contributed by atoms with Crippen molar-refractivity contribution >= 4 is 0 Å². The van der Waals surface area contributed by atoms with E-state index in [1.807, 2.05) is 0 Å². The van der Waals surface area contributed by atoms with E-state index in [0.717, 1.165) is 0 Å². The average molecular weight is 233 g/mol. The Morgan fingerprint density at radius 2 is 2.12 bits per heavy atom. The molecule has 2 rings (SSSR count). The Labute approximate surface area is 98.5 Å². The molecule has 0 aliphatic carbocycles. The predicted molar refractivity (Wildman–Crippen MR) is 61.3 cm³/mol. The van der Waals surface area contributed by atoms with Crippen LogP contribution in [0.5, 0.6) is 5.75 Å². The molecule has 0 spiro atoms. The summed E-state index contributed by atoms with van der Waals surface area (Å²) < 4.78 is 18.3. The maximum Gasteiger partial charge on any atom is 0.125 e. The molecule has 4 heteroatoms. The molecule has 0 bridgehead atoms. The van der Waals surface area contributed by atoms with Gasteiger partial charge in [-0.25, -0.2) is 4.39 Å². The third kappa shape index (κ3) is 2.42. The molecule has 0 saturated carbocycles. The summed E-state index contributed by atoms with van der Waals surface area (Å²) in [6.45, 7) is 0. The van der Waals surface area contributed by atoms with Crippen LogP contribution in [0.2, 0.25) is 0 Å². The Morgan fingerprint density at radius 3 is 2.76 bits per heavy atom. The van der Waals surface area contributed by atoms with E-state index in [0.29, 0.717) is 17.0 Å². The number of benzene rings is 1. The predicted octanol–water partition coefficient (Wildman–Crippen LogP) is 2.31. The summed E-state index contributed by atoms with van der Waals surface area (Å²) in [7, 11) is 1.47. The summed E-state index contributed by atoms with van der Waals surface area (Å²) in [5.41, 5.74) is 0.822. The van der Waals surface area contributed by atoms with Gasteiger partial charge in [0.15, 0.2) is 0 Å². The molecule has 0 aliphatic rings. The van der Waals surface area contributed by atoms with Crippen LogP contribution in [0.1, 0.15) is 17.4 Å². The highest BCUT2D eigenvalue weighted by atomic mass is 19.1. The molecule has 0 saturated heterocycles. The molecule has 0 fully saturated rings. The summed E-state index contributed by atoms with van der Waals surface area (Å²) >= 11 is 0. The summed E-state index contributed by atoms with van der Waals surface area (Å²) in [5.74, 6) is 0.0142. The monoisotopic (exact) mass is 233 g/mol. The number of ether oxygens (including phenoxy) is 1. The number of hydrogen-bond donors (Lipinski definition) is 1. The Bertz CT molecular complexity index is 502. The summed E-state index contributed by atoms with van der Waals surface area (Å²) in [4.78, 5) is 4.03. The van der Waals surface area contributed by atoms with E-state index in [9.17, 15) is 9.50 Å². The van der Waals surface area contributed by atoms with E-state index in [1.54, 1.807) is 24.4 Å². The standard InChI is InChI=1S/C13H12FNO2/c1-17-12-6-5-9(14)8-10(12)13(16)11-4-2-3-7-15-11/h2-8,13,16H,1H3/t13-/m1/s1. The minimum atomic E-state index is -0.998. The lowest BCUT2D eigenvalue weighted by molar-refractivity contribution is 0.209. The zero-order valence-electron chi connectivity index (χ0n) is 9.30. The van der Waals surface area contributed by atoms with Gasteiger partial charge in [0.1, 0.15) is 17.7 Å². The van der Waals surface area contributed by atoms with Crippen molar-refractivity contribution in [2.75, 3.05) is 7.11 Å². The summed E-state index contributed by atoms with van der Waals surface area (Å²) in [6, 6.07) is 9.20. The number of methoxy groups -OCH3 is 1. The number of aliphatic hydroxyl groups is 1. The number of pyridine rings is 1. The molecule has 1 heterocycles. The molecule has 1 aromatic carbocycles. The van der Waals surface area contributed by atoms with Crippen LogP contribution in [0.4, 0.5) is 4.39 Å². The van der Waals surface area contributed by atoms with E-state index in [2.05, 4.69) is 4.98 Å². The molecule has 1 atom stereocenters. The van der Waals surface area contributed by atoms with Crippen molar-refractivity contribution in [1.82, 2.24) is 4.98 Å². The smallest absolute Gasteiger partial charge is 0.125 e. The first-order valence-corrected chi connectivity index (χ1v) is 5.15. The van der Waals surface area contributed by atoms with Crippen LogP contribution in [0.15, 0.2) is 42.6 Å². The molecular weight excluding hydrogens is 221 g/mol. The van der Waals surface area contributed by atoms with Crippen LogP contribution in [-0.4, -0.2) is 17.2 Å². The van der Waals surface area contributed by atoms with Crippen LogP contribution < -0.4 is 4.74 Å². The highest BCUT2D eigenvalue weighted by molar-refractivity contribution is 5.39. The molecule has 1 N–H and O–H groups in total. The second kappa shape index (κ2) is 4.93. The van der Waals surface area contributed by atoms with Gasteiger partial charge in [0.2, 0.25) is 0 Å². The Balaban J connectivity index is 2.43. The van der Waals surface area contributed by atoms with Crippen molar-refractivity contribution in [2.45, 2.75) is 6.10 Å². The minimum Gasteiger partial charge on any atom is -0.496 e. The van der Waals surface area contributed by atoms with Gasteiger partial charge < -0.3 is 9.84 Å². The molecule has 0 amide bonds. The van der Waals surface area contributed by atoms with E-state index in [4.69, 9.17) is 4.74 Å². The number of aliphatic hydroxyl groups excluding tert-OH is 1. The van der Waals surface area contributed by atoms with E-state index >= 15 is 0 Å². The topological polar surface area (TPSA) is 42.4 Å². The van der Waals surface area contributed by atoms with Gasteiger partial charge in [-0.1, -0.05) is 6.07 Å². The molecule has 0 unspecified atom stereocenters. The SMILES string of the molecule is COc1ccc(F)cc1[C@@H](O)c1ccccn1. The maximum atomic E-state index is 13.2. The van der Waals surface area contributed by atoms with Gasteiger partial charge in [0.25, 0.3) is 0 Å². The fourth-order valence-electron chi connectivity index (χ4n) is 1.62. The van der Waals surface area contributed by atoms with Gasteiger partial charge in [0, 0.05) is 11.8 Å². The number of halogens is 1. The molecule has 2 aromatic rings. The molecule has 17 heavy (non-hydrogen) atoms. The lowest BCUT2D eigenvalue weighted by Crippen LogP contribution is -2.04. The van der Waals surface area contributed by atoms with E-state index in [1.165, 1.54) is 25.3 Å². The Morgan fingerprint density at radius 1 is 1.29 bits per heavy atom. The number of aromatic nitrogens is 1. The first-order valence-electron chi connectivity index (χ1n) is 5.15. The second-order valence-electron chi connectivity index (χ2n) is 3.54. The fourth-order valence-corrected chi connectivity index (χ4v) is 1.62. The van der Waals surface area contributed by atoms with Crippen molar-refractivity contribution in [3.05, 3.63) is 59.7 Å². The highest BCUT2D eigenvalue weighted by Crippen LogP contribution is 2.29. The Kier molecular flexibility index (Phi) is 3.35. The Hall–Kier alpha value is -1.94. The third-order valence-corrected chi connectivity index (χ3v) is 2.45. The first-order chi connectivity index (χ1) is 8.22. The zero-order chi connectivity index (χ0) is 12.3. The average Bonchev–Trinajstić information content (AvgIpc) is 2.39. The van der Waals surface area contributed by atoms with Crippen LogP contribution in [0, 0.1) is 5.82 Å². The second-order valence-corrected chi connectivity index (χ2v) is 3.54.